The van der Waals surface area contributed by atoms with Gasteiger partial charge in [0.1, 0.15) is 6.54 Å². The smallest absolute Gasteiger partial charge is 0.242 e. The van der Waals surface area contributed by atoms with Gasteiger partial charge in [-0.3, -0.25) is 9.59 Å². The van der Waals surface area contributed by atoms with Crippen molar-refractivity contribution in [2.24, 2.45) is 0 Å². The fourth-order valence-electron chi connectivity index (χ4n) is 3.35. The van der Waals surface area contributed by atoms with Crippen molar-refractivity contribution in [1.29, 1.82) is 0 Å². The van der Waals surface area contributed by atoms with Crippen LogP contribution in [-0.2, 0) is 16.1 Å². The zero-order chi connectivity index (χ0) is 22.8. The number of hydrogen-bond acceptors (Lipinski definition) is 7. The number of nitrogens with one attached hydrogen (secondary N) is 1. The maximum Gasteiger partial charge on any atom is 0.242 e. The van der Waals surface area contributed by atoms with E-state index in [-0.39, 0.29) is 17.7 Å². The van der Waals surface area contributed by atoms with E-state index in [1.54, 1.807) is 14.1 Å². The third-order valence-corrected chi connectivity index (χ3v) is 5.46. The lowest BCUT2D eigenvalue weighted by atomic mass is 10.1. The summed E-state index contributed by atoms with van der Waals surface area (Å²) in [5.41, 5.74) is 3.05. The third kappa shape index (κ3) is 4.59. The first-order chi connectivity index (χ1) is 15.4. The number of amides is 2. The Morgan fingerprint density at radius 2 is 2.12 bits per heavy atom. The van der Waals surface area contributed by atoms with Gasteiger partial charge in [-0.15, -0.1) is 0 Å². The fraction of sp³-hybridized carbons (Fsp3) is 0.381. The molecule has 0 saturated heterocycles. The van der Waals surface area contributed by atoms with Crippen LogP contribution >= 0.6 is 11.6 Å². The zero-order valence-electron chi connectivity index (χ0n) is 18.1. The molecule has 0 aliphatic heterocycles. The molecular formula is C21H24ClN7O3. The minimum Gasteiger partial charge on any atom is -0.491 e. The van der Waals surface area contributed by atoms with Gasteiger partial charge in [-0.1, -0.05) is 0 Å². The molecule has 3 aromatic heterocycles. The van der Waals surface area contributed by atoms with Gasteiger partial charge in [0.05, 0.1) is 31.2 Å². The molecule has 10 nitrogen and oxygen atoms in total. The van der Waals surface area contributed by atoms with Gasteiger partial charge in [0.2, 0.25) is 17.6 Å². The number of likely N-dealkylation sites (N-methyl/N-ethyl adjacent to an activating group) is 1. The number of pyridine rings is 1. The fourth-order valence-corrected chi connectivity index (χ4v) is 3.49. The summed E-state index contributed by atoms with van der Waals surface area (Å²) in [5, 5.41) is 3.27. The largest absolute Gasteiger partial charge is 0.491 e. The van der Waals surface area contributed by atoms with Crippen molar-refractivity contribution >= 4 is 41.1 Å². The molecule has 3 heterocycles. The average molecular weight is 458 g/mol. The maximum absolute atomic E-state index is 12.3. The molecule has 1 N–H and O–H groups in total. The molecule has 3 aromatic rings. The van der Waals surface area contributed by atoms with Crippen molar-refractivity contribution in [3.8, 4) is 5.75 Å². The normalized spacial score (nSPS) is 13.1. The number of anilines is 2. The third-order valence-electron chi connectivity index (χ3n) is 5.28. The standard InChI is InChI=1S/C21H24ClN7O3/c1-27(2)18(31)11-29(12-30)16-6-14(13-4-5-13)9-28-10-15(25-20(16)28)7-23-19-17(32-3)8-24-21(22)26-19/h6,8-10,12-13H,4-5,7,11H2,1-3H3,(H,23,24,26). The van der Waals surface area contributed by atoms with E-state index in [2.05, 4.69) is 15.3 Å². The number of nitrogens with zero attached hydrogens (tertiary/aromatic N) is 6. The van der Waals surface area contributed by atoms with Crippen LogP contribution in [0.25, 0.3) is 5.65 Å². The summed E-state index contributed by atoms with van der Waals surface area (Å²) in [6.07, 6.45) is 8.31. The molecule has 168 valence electrons. The van der Waals surface area contributed by atoms with Crippen molar-refractivity contribution in [3.63, 3.8) is 0 Å². The van der Waals surface area contributed by atoms with Crippen LogP contribution in [0.1, 0.15) is 30.0 Å². The highest BCUT2D eigenvalue weighted by atomic mass is 35.5. The second kappa shape index (κ2) is 8.99. The molecule has 0 radical (unpaired) electrons. The summed E-state index contributed by atoms with van der Waals surface area (Å²) in [4.78, 5) is 39.8. The molecule has 1 aliphatic carbocycles. The molecule has 0 bridgehead atoms. The van der Waals surface area contributed by atoms with Gasteiger partial charge in [0, 0.05) is 26.5 Å². The molecule has 32 heavy (non-hydrogen) atoms. The number of halogens is 1. The van der Waals surface area contributed by atoms with E-state index in [1.165, 1.54) is 23.1 Å². The highest BCUT2D eigenvalue weighted by molar-refractivity contribution is 6.28. The van der Waals surface area contributed by atoms with Crippen LogP contribution in [0.4, 0.5) is 11.5 Å². The first-order valence-corrected chi connectivity index (χ1v) is 10.5. The lowest BCUT2D eigenvalue weighted by Crippen LogP contribution is -2.36. The summed E-state index contributed by atoms with van der Waals surface area (Å²) in [5.74, 6) is 1.21. The maximum atomic E-state index is 12.3. The van der Waals surface area contributed by atoms with Crippen molar-refractivity contribution in [3.05, 3.63) is 41.2 Å². The second-order valence-corrected chi connectivity index (χ2v) is 8.17. The minimum atomic E-state index is -0.173. The Morgan fingerprint density at radius 3 is 2.78 bits per heavy atom. The number of imidazole rings is 1. The van der Waals surface area contributed by atoms with E-state index >= 15 is 0 Å². The number of carbonyl (C=O) groups excluding carboxylic acids is 2. The Hall–Kier alpha value is -3.40. The molecule has 1 fully saturated rings. The van der Waals surface area contributed by atoms with Gasteiger partial charge < -0.3 is 24.3 Å². The lowest BCUT2D eigenvalue weighted by molar-refractivity contribution is -0.128. The SMILES string of the molecule is COc1cnc(Cl)nc1NCc1cn2cc(C3CC3)cc(N(C=O)CC(=O)N(C)C)c2n1. The average Bonchev–Trinajstić information content (AvgIpc) is 3.54. The van der Waals surface area contributed by atoms with Crippen molar-refractivity contribution in [2.75, 3.05) is 38.0 Å². The summed E-state index contributed by atoms with van der Waals surface area (Å²) < 4.78 is 7.17. The quantitative estimate of drug-likeness (QED) is 0.388. The predicted molar refractivity (Wildman–Crippen MR) is 120 cm³/mol. The zero-order valence-corrected chi connectivity index (χ0v) is 18.8. The van der Waals surface area contributed by atoms with Gasteiger partial charge in [-0.05, 0) is 42.0 Å². The first-order valence-electron chi connectivity index (χ1n) is 10.1. The molecule has 0 atom stereocenters. The Morgan fingerprint density at radius 1 is 1.34 bits per heavy atom. The molecule has 2 amide bonds. The molecule has 1 saturated carbocycles. The van der Waals surface area contributed by atoms with E-state index in [4.69, 9.17) is 21.3 Å². The van der Waals surface area contributed by atoms with E-state index in [0.29, 0.717) is 41.8 Å². The summed E-state index contributed by atoms with van der Waals surface area (Å²) >= 11 is 5.90. The molecular weight excluding hydrogens is 434 g/mol. The molecule has 4 rings (SSSR count). The number of aromatic nitrogens is 4. The van der Waals surface area contributed by atoms with Gasteiger partial charge in [-0.2, -0.15) is 4.98 Å². The number of methoxy groups -OCH3 is 1. The number of fused-ring (bicyclic) bond motifs is 1. The van der Waals surface area contributed by atoms with Crippen molar-refractivity contribution in [1.82, 2.24) is 24.3 Å². The van der Waals surface area contributed by atoms with Crippen LogP contribution in [0.5, 0.6) is 5.75 Å². The molecule has 0 aromatic carbocycles. The highest BCUT2D eigenvalue weighted by Crippen LogP contribution is 2.41. The molecule has 0 unspecified atom stereocenters. The van der Waals surface area contributed by atoms with Crippen molar-refractivity contribution < 1.29 is 14.3 Å². The number of rotatable bonds is 9. The Bertz CT molecular complexity index is 1160. The van der Waals surface area contributed by atoms with Crippen LogP contribution in [0.3, 0.4) is 0 Å². The number of ether oxygens (including phenoxy) is 1. The topological polar surface area (TPSA) is 105 Å². The van der Waals surface area contributed by atoms with Gasteiger partial charge in [-0.25, -0.2) is 9.97 Å². The summed E-state index contributed by atoms with van der Waals surface area (Å²) in [6.45, 7) is 0.290. The molecule has 1 aliphatic rings. The van der Waals surface area contributed by atoms with E-state index in [1.807, 2.05) is 22.9 Å². The lowest BCUT2D eigenvalue weighted by Gasteiger charge is -2.20. The Kier molecular flexibility index (Phi) is 6.13. The van der Waals surface area contributed by atoms with E-state index in [0.717, 1.165) is 24.1 Å². The first kappa shape index (κ1) is 21.8. The van der Waals surface area contributed by atoms with Crippen LogP contribution < -0.4 is 15.0 Å². The molecule has 0 spiro atoms. The summed E-state index contributed by atoms with van der Waals surface area (Å²) in [7, 11) is 4.85. The minimum absolute atomic E-state index is 0.0582. The van der Waals surface area contributed by atoms with Crippen LogP contribution in [0, 0.1) is 0 Å². The Labute approximate surface area is 190 Å². The van der Waals surface area contributed by atoms with Gasteiger partial charge >= 0.3 is 0 Å². The van der Waals surface area contributed by atoms with E-state index in [9.17, 15) is 9.59 Å². The predicted octanol–water partition coefficient (Wildman–Crippen LogP) is 2.33. The molecule has 11 heteroatoms. The van der Waals surface area contributed by atoms with Crippen molar-refractivity contribution in [2.45, 2.75) is 25.3 Å². The Balaban J connectivity index is 1.66. The van der Waals surface area contributed by atoms with Crippen LogP contribution in [-0.4, -0.2) is 64.3 Å². The van der Waals surface area contributed by atoms with Gasteiger partial charge in [0.15, 0.2) is 17.2 Å². The second-order valence-electron chi connectivity index (χ2n) is 7.83. The highest BCUT2D eigenvalue weighted by Gasteiger charge is 2.27. The van der Waals surface area contributed by atoms with Crippen LogP contribution in [0.2, 0.25) is 5.28 Å². The van der Waals surface area contributed by atoms with Gasteiger partial charge in [0.25, 0.3) is 0 Å². The van der Waals surface area contributed by atoms with E-state index < -0.39 is 0 Å². The monoisotopic (exact) mass is 457 g/mol. The number of carbonyl (C=O) groups is 2. The van der Waals surface area contributed by atoms with Crippen LogP contribution in [0.15, 0.2) is 24.7 Å². The number of hydrogen-bond donors (Lipinski definition) is 1. The summed E-state index contributed by atoms with van der Waals surface area (Å²) in [6, 6.07) is 1.96.